The van der Waals surface area contributed by atoms with Crippen molar-refractivity contribution in [2.24, 2.45) is 5.14 Å². The maximum absolute atomic E-state index is 13.5. The van der Waals surface area contributed by atoms with Gasteiger partial charge in [0.2, 0.25) is 15.9 Å². The van der Waals surface area contributed by atoms with Crippen molar-refractivity contribution < 1.29 is 31.9 Å². The second-order valence-electron chi connectivity index (χ2n) is 8.66. The van der Waals surface area contributed by atoms with Crippen molar-refractivity contribution in [2.45, 2.75) is 30.7 Å². The molecule has 3 aromatic carbocycles. The SMILES string of the molecule is CCOc1ccc(N2C(=O)CC(N(CCc3ccc(S(N)(=O)=O)cc3)C(=O)c3ccc(F)cc3)C2=O)cc1. The molecule has 0 aliphatic carbocycles. The molecule has 2 N–H and O–H groups in total. The van der Waals surface area contributed by atoms with E-state index in [0.29, 0.717) is 23.6 Å². The lowest BCUT2D eigenvalue weighted by atomic mass is 10.1. The minimum atomic E-state index is -3.86. The number of anilines is 1. The van der Waals surface area contributed by atoms with Gasteiger partial charge in [0.25, 0.3) is 11.8 Å². The molecule has 0 aromatic heterocycles. The van der Waals surface area contributed by atoms with Gasteiger partial charge in [-0.25, -0.2) is 22.8 Å². The van der Waals surface area contributed by atoms with Crippen LogP contribution < -0.4 is 14.8 Å². The highest BCUT2D eigenvalue weighted by Gasteiger charge is 2.44. The van der Waals surface area contributed by atoms with Gasteiger partial charge in [-0.3, -0.25) is 14.4 Å². The van der Waals surface area contributed by atoms with Crippen molar-refractivity contribution in [3.05, 3.63) is 89.7 Å². The molecule has 0 bridgehead atoms. The van der Waals surface area contributed by atoms with E-state index in [1.54, 1.807) is 36.4 Å². The van der Waals surface area contributed by atoms with Crippen LogP contribution in [0.15, 0.2) is 77.7 Å². The first-order valence-corrected chi connectivity index (χ1v) is 13.4. The van der Waals surface area contributed by atoms with Gasteiger partial charge >= 0.3 is 0 Å². The summed E-state index contributed by atoms with van der Waals surface area (Å²) in [4.78, 5) is 42.2. The highest BCUT2D eigenvalue weighted by molar-refractivity contribution is 7.89. The Morgan fingerprint density at radius 2 is 1.66 bits per heavy atom. The second-order valence-corrected chi connectivity index (χ2v) is 10.2. The number of rotatable bonds is 9. The van der Waals surface area contributed by atoms with Gasteiger partial charge in [-0.2, -0.15) is 0 Å². The first-order chi connectivity index (χ1) is 18.1. The molecule has 1 unspecified atom stereocenters. The van der Waals surface area contributed by atoms with Crippen LogP contribution in [0.25, 0.3) is 0 Å². The Morgan fingerprint density at radius 3 is 2.24 bits per heavy atom. The van der Waals surface area contributed by atoms with Crippen molar-refractivity contribution in [3.63, 3.8) is 0 Å². The van der Waals surface area contributed by atoms with Gasteiger partial charge in [0.05, 0.1) is 23.6 Å². The Bertz CT molecular complexity index is 1440. The summed E-state index contributed by atoms with van der Waals surface area (Å²) in [5.74, 6) is -1.48. The maximum Gasteiger partial charge on any atom is 0.257 e. The average Bonchev–Trinajstić information content (AvgIpc) is 3.18. The first-order valence-electron chi connectivity index (χ1n) is 11.9. The summed E-state index contributed by atoms with van der Waals surface area (Å²) in [7, 11) is -3.86. The van der Waals surface area contributed by atoms with Crippen molar-refractivity contribution in [1.29, 1.82) is 0 Å². The van der Waals surface area contributed by atoms with E-state index in [4.69, 9.17) is 9.88 Å². The Kier molecular flexibility index (Phi) is 7.88. The van der Waals surface area contributed by atoms with E-state index in [0.717, 1.165) is 17.0 Å². The van der Waals surface area contributed by atoms with E-state index in [9.17, 15) is 27.2 Å². The zero-order valence-corrected chi connectivity index (χ0v) is 21.4. The Balaban J connectivity index is 1.60. The highest BCUT2D eigenvalue weighted by atomic mass is 32.2. The quantitative estimate of drug-likeness (QED) is 0.417. The zero-order chi connectivity index (χ0) is 27.4. The molecule has 4 rings (SSSR count). The predicted octanol–water partition coefficient (Wildman–Crippen LogP) is 2.89. The number of benzene rings is 3. The van der Waals surface area contributed by atoms with Crippen LogP contribution in [0.3, 0.4) is 0 Å². The number of imide groups is 1. The monoisotopic (exact) mass is 539 g/mol. The van der Waals surface area contributed by atoms with E-state index in [1.165, 1.54) is 29.2 Å². The first kappa shape index (κ1) is 27.0. The summed E-state index contributed by atoms with van der Waals surface area (Å²) in [5, 5.41) is 5.15. The van der Waals surface area contributed by atoms with Gasteiger partial charge in [0.15, 0.2) is 0 Å². The number of nitrogens with two attached hydrogens (primary N) is 1. The van der Waals surface area contributed by atoms with Gasteiger partial charge in [-0.05, 0) is 79.6 Å². The van der Waals surface area contributed by atoms with E-state index < -0.39 is 39.6 Å². The number of carbonyl (C=O) groups is 3. The molecule has 1 heterocycles. The summed E-state index contributed by atoms with van der Waals surface area (Å²) in [6.07, 6.45) is 0.0438. The molecule has 1 atom stereocenters. The third kappa shape index (κ3) is 5.90. The highest BCUT2D eigenvalue weighted by Crippen LogP contribution is 2.28. The zero-order valence-electron chi connectivity index (χ0n) is 20.5. The average molecular weight is 540 g/mol. The topological polar surface area (TPSA) is 127 Å². The summed E-state index contributed by atoms with van der Waals surface area (Å²) >= 11 is 0. The number of nitrogens with zero attached hydrogens (tertiary/aromatic N) is 2. The fourth-order valence-corrected chi connectivity index (χ4v) is 4.76. The number of carbonyl (C=O) groups excluding carboxylic acids is 3. The molecule has 1 aliphatic rings. The fraction of sp³-hybridized carbons (Fsp3) is 0.222. The van der Waals surface area contributed by atoms with E-state index >= 15 is 0 Å². The molecule has 0 radical (unpaired) electrons. The molecule has 1 saturated heterocycles. The largest absolute Gasteiger partial charge is 0.494 e. The lowest BCUT2D eigenvalue weighted by Gasteiger charge is -2.28. The lowest BCUT2D eigenvalue weighted by molar-refractivity contribution is -0.122. The molecule has 0 spiro atoms. The molecule has 1 fully saturated rings. The smallest absolute Gasteiger partial charge is 0.257 e. The van der Waals surface area contributed by atoms with Crippen LogP contribution >= 0.6 is 0 Å². The number of amides is 3. The van der Waals surface area contributed by atoms with E-state index in [2.05, 4.69) is 0 Å². The molecular weight excluding hydrogens is 513 g/mol. The number of hydrogen-bond acceptors (Lipinski definition) is 6. The van der Waals surface area contributed by atoms with Crippen molar-refractivity contribution in [1.82, 2.24) is 4.90 Å². The molecule has 198 valence electrons. The van der Waals surface area contributed by atoms with Crippen molar-refractivity contribution in [2.75, 3.05) is 18.1 Å². The summed E-state index contributed by atoms with van der Waals surface area (Å²) in [6.45, 7) is 2.35. The Morgan fingerprint density at radius 1 is 1.03 bits per heavy atom. The molecule has 0 saturated carbocycles. The van der Waals surface area contributed by atoms with Crippen LogP contribution in [0.1, 0.15) is 29.3 Å². The van der Waals surface area contributed by atoms with Crippen LogP contribution in [0.4, 0.5) is 10.1 Å². The minimum Gasteiger partial charge on any atom is -0.494 e. The molecular formula is C27H26FN3O6S. The summed E-state index contributed by atoms with van der Waals surface area (Å²) in [5.41, 5.74) is 1.21. The van der Waals surface area contributed by atoms with Gasteiger partial charge in [-0.15, -0.1) is 0 Å². The van der Waals surface area contributed by atoms with Crippen molar-refractivity contribution in [3.8, 4) is 5.75 Å². The molecule has 11 heteroatoms. The molecule has 9 nitrogen and oxygen atoms in total. The minimum absolute atomic E-state index is 0.0474. The normalized spacial score (nSPS) is 15.6. The van der Waals surface area contributed by atoms with E-state index in [1.807, 2.05) is 6.92 Å². The molecule has 3 aromatic rings. The van der Waals surface area contributed by atoms with Crippen LogP contribution in [-0.2, 0) is 26.0 Å². The number of sulfonamides is 1. The Hall–Kier alpha value is -4.09. The maximum atomic E-state index is 13.5. The van der Waals surface area contributed by atoms with Crippen LogP contribution in [-0.4, -0.2) is 50.2 Å². The standard InChI is InChI=1S/C27H26FN3O6S/c1-2-37-22-11-9-21(10-12-22)31-25(32)17-24(27(31)34)30(26(33)19-5-7-20(28)8-6-19)16-15-18-3-13-23(14-4-18)38(29,35)36/h3-14,24H,2,15-17H2,1H3,(H2,29,35,36). The number of ether oxygens (including phenoxy) is 1. The second kappa shape index (κ2) is 11.1. The fourth-order valence-electron chi connectivity index (χ4n) is 4.24. The third-order valence-electron chi connectivity index (χ3n) is 6.15. The third-order valence-corrected chi connectivity index (χ3v) is 7.08. The molecule has 1 aliphatic heterocycles. The van der Waals surface area contributed by atoms with Gasteiger partial charge in [0, 0.05) is 12.1 Å². The number of hydrogen-bond donors (Lipinski definition) is 1. The predicted molar refractivity (Wildman–Crippen MR) is 137 cm³/mol. The van der Waals surface area contributed by atoms with Gasteiger partial charge < -0.3 is 9.64 Å². The van der Waals surface area contributed by atoms with E-state index in [-0.39, 0.29) is 29.8 Å². The van der Waals surface area contributed by atoms with Crippen LogP contribution in [0.2, 0.25) is 0 Å². The molecule has 38 heavy (non-hydrogen) atoms. The van der Waals surface area contributed by atoms with Gasteiger partial charge in [-0.1, -0.05) is 12.1 Å². The lowest BCUT2D eigenvalue weighted by Crippen LogP contribution is -2.46. The molecule has 3 amide bonds. The van der Waals surface area contributed by atoms with Crippen molar-refractivity contribution >= 4 is 33.4 Å². The number of halogens is 1. The number of primary sulfonamides is 1. The summed E-state index contributed by atoms with van der Waals surface area (Å²) in [6, 6.07) is 16.2. The summed E-state index contributed by atoms with van der Waals surface area (Å²) < 4.78 is 42.0. The van der Waals surface area contributed by atoms with Gasteiger partial charge in [0.1, 0.15) is 17.6 Å². The van der Waals surface area contributed by atoms with Crippen LogP contribution in [0.5, 0.6) is 5.75 Å². The Labute approximate surface area is 219 Å². The van der Waals surface area contributed by atoms with Crippen LogP contribution in [0, 0.1) is 5.82 Å².